The van der Waals surface area contributed by atoms with Crippen molar-refractivity contribution in [3.8, 4) is 0 Å². The van der Waals surface area contributed by atoms with Crippen molar-refractivity contribution >= 4 is 23.0 Å². The van der Waals surface area contributed by atoms with Crippen molar-refractivity contribution in [1.82, 2.24) is 0 Å². The van der Waals surface area contributed by atoms with Gasteiger partial charge in [-0.25, -0.2) is 0 Å². The van der Waals surface area contributed by atoms with Gasteiger partial charge >= 0.3 is 0 Å². The van der Waals surface area contributed by atoms with Crippen LogP contribution in [0.25, 0.3) is 6.08 Å². The predicted octanol–water partition coefficient (Wildman–Crippen LogP) is 3.50. The van der Waals surface area contributed by atoms with Gasteiger partial charge < -0.3 is 0 Å². The minimum Gasteiger partial charge on any atom is -0.287 e. The summed E-state index contributed by atoms with van der Waals surface area (Å²) in [5, 5.41) is 0.248. The first-order chi connectivity index (χ1) is 6.76. The Morgan fingerprint density at radius 3 is 2.57 bits per heavy atom. The van der Waals surface area contributed by atoms with E-state index in [1.54, 1.807) is 0 Å². The lowest BCUT2D eigenvalue weighted by atomic mass is 10.1. The van der Waals surface area contributed by atoms with Crippen molar-refractivity contribution in [1.29, 1.82) is 0 Å². The molecule has 0 atom stereocenters. The standard InChI is InChI=1S/C12H14OS/c1-3-10-5-7-11(8-6-10)9-14-12(13)4-2/h3,5-8H,1,4,9H2,2H3. The molecule has 0 N–H and O–H groups in total. The van der Waals surface area contributed by atoms with Gasteiger partial charge in [-0.3, -0.25) is 4.79 Å². The van der Waals surface area contributed by atoms with Crippen LogP contribution in [0.4, 0.5) is 0 Å². The molecular formula is C12H14OS. The molecule has 1 aromatic rings. The third kappa shape index (κ3) is 3.38. The van der Waals surface area contributed by atoms with E-state index in [1.807, 2.05) is 37.3 Å². The van der Waals surface area contributed by atoms with E-state index in [0.717, 1.165) is 11.3 Å². The van der Waals surface area contributed by atoms with Gasteiger partial charge in [-0.15, -0.1) is 0 Å². The van der Waals surface area contributed by atoms with Gasteiger partial charge in [0.15, 0.2) is 5.12 Å². The Morgan fingerprint density at radius 2 is 2.07 bits per heavy atom. The van der Waals surface area contributed by atoms with Crippen molar-refractivity contribution < 1.29 is 4.79 Å². The number of carbonyl (C=O) groups is 1. The normalized spacial score (nSPS) is 9.79. The monoisotopic (exact) mass is 206 g/mol. The third-order valence-corrected chi connectivity index (χ3v) is 2.99. The van der Waals surface area contributed by atoms with Crippen LogP contribution in [0.3, 0.4) is 0 Å². The van der Waals surface area contributed by atoms with E-state index in [2.05, 4.69) is 6.58 Å². The smallest absolute Gasteiger partial charge is 0.188 e. The largest absolute Gasteiger partial charge is 0.287 e. The molecule has 1 aromatic carbocycles. The fraction of sp³-hybridized carbons (Fsp3) is 0.250. The van der Waals surface area contributed by atoms with E-state index in [9.17, 15) is 4.79 Å². The minimum atomic E-state index is 0.248. The van der Waals surface area contributed by atoms with Crippen LogP contribution in [-0.2, 0) is 10.5 Å². The van der Waals surface area contributed by atoms with Crippen LogP contribution in [0.15, 0.2) is 30.8 Å². The molecule has 74 valence electrons. The maximum atomic E-state index is 11.1. The highest BCUT2D eigenvalue weighted by atomic mass is 32.2. The Hall–Kier alpha value is -1.02. The van der Waals surface area contributed by atoms with Gasteiger partial charge in [0.1, 0.15) is 0 Å². The molecule has 0 fully saturated rings. The van der Waals surface area contributed by atoms with Crippen LogP contribution in [0.1, 0.15) is 24.5 Å². The summed E-state index contributed by atoms with van der Waals surface area (Å²) in [6, 6.07) is 8.10. The molecule has 0 aliphatic rings. The highest BCUT2D eigenvalue weighted by Crippen LogP contribution is 2.15. The molecule has 2 heteroatoms. The van der Waals surface area contributed by atoms with E-state index in [1.165, 1.54) is 17.3 Å². The van der Waals surface area contributed by atoms with E-state index in [0.29, 0.717) is 6.42 Å². The lowest BCUT2D eigenvalue weighted by molar-refractivity contribution is -0.110. The summed E-state index contributed by atoms with van der Waals surface area (Å²) in [6.07, 6.45) is 2.42. The average Bonchev–Trinajstić information content (AvgIpc) is 2.26. The molecule has 1 nitrogen and oxygen atoms in total. The van der Waals surface area contributed by atoms with Crippen molar-refractivity contribution in [2.75, 3.05) is 0 Å². The van der Waals surface area contributed by atoms with Crippen molar-refractivity contribution in [3.63, 3.8) is 0 Å². The molecule has 0 heterocycles. The lowest BCUT2D eigenvalue weighted by Gasteiger charge is -2.00. The Kier molecular flexibility index (Phi) is 4.47. The minimum absolute atomic E-state index is 0.248. The number of hydrogen-bond acceptors (Lipinski definition) is 2. The lowest BCUT2D eigenvalue weighted by Crippen LogP contribution is -1.89. The van der Waals surface area contributed by atoms with Gasteiger partial charge in [-0.05, 0) is 11.1 Å². The summed E-state index contributed by atoms with van der Waals surface area (Å²) in [7, 11) is 0. The molecule has 0 spiro atoms. The van der Waals surface area contributed by atoms with Crippen LogP contribution < -0.4 is 0 Å². The Bertz CT molecular complexity index is 314. The summed E-state index contributed by atoms with van der Waals surface area (Å²) >= 11 is 1.38. The van der Waals surface area contributed by atoms with E-state index >= 15 is 0 Å². The molecule has 0 bridgehead atoms. The fourth-order valence-corrected chi connectivity index (χ4v) is 1.74. The maximum Gasteiger partial charge on any atom is 0.188 e. The van der Waals surface area contributed by atoms with Crippen LogP contribution in [0.5, 0.6) is 0 Å². The molecular weight excluding hydrogens is 192 g/mol. The van der Waals surface area contributed by atoms with Crippen molar-refractivity contribution in [2.45, 2.75) is 19.1 Å². The molecule has 0 aromatic heterocycles. The fourth-order valence-electron chi connectivity index (χ4n) is 1.02. The van der Waals surface area contributed by atoms with Crippen LogP contribution in [0, 0.1) is 0 Å². The number of thioether (sulfide) groups is 1. The molecule has 14 heavy (non-hydrogen) atoms. The molecule has 1 rings (SSSR count). The summed E-state index contributed by atoms with van der Waals surface area (Å²) < 4.78 is 0. The first-order valence-corrected chi connectivity index (χ1v) is 5.62. The zero-order chi connectivity index (χ0) is 10.4. The summed E-state index contributed by atoms with van der Waals surface area (Å²) in [5.41, 5.74) is 2.29. The second-order valence-electron chi connectivity index (χ2n) is 2.96. The first kappa shape index (κ1) is 11.1. The molecule has 0 aliphatic heterocycles. The number of hydrogen-bond donors (Lipinski definition) is 0. The molecule has 0 aliphatic carbocycles. The number of benzene rings is 1. The van der Waals surface area contributed by atoms with Crippen LogP contribution >= 0.6 is 11.8 Å². The van der Waals surface area contributed by atoms with Gasteiger partial charge in [0.2, 0.25) is 0 Å². The topological polar surface area (TPSA) is 17.1 Å². The summed E-state index contributed by atoms with van der Waals surface area (Å²) in [4.78, 5) is 11.1. The highest BCUT2D eigenvalue weighted by Gasteiger charge is 1.99. The van der Waals surface area contributed by atoms with Gasteiger partial charge in [0.25, 0.3) is 0 Å². The quantitative estimate of drug-likeness (QED) is 0.750. The second kappa shape index (κ2) is 5.66. The van der Waals surface area contributed by atoms with Gasteiger partial charge in [-0.2, -0.15) is 0 Å². The zero-order valence-corrected chi connectivity index (χ0v) is 9.14. The average molecular weight is 206 g/mol. The number of carbonyl (C=O) groups excluding carboxylic acids is 1. The Morgan fingerprint density at radius 1 is 1.43 bits per heavy atom. The third-order valence-electron chi connectivity index (χ3n) is 1.90. The summed E-state index contributed by atoms with van der Waals surface area (Å²) in [6.45, 7) is 5.57. The van der Waals surface area contributed by atoms with Gasteiger partial charge in [-0.1, -0.05) is 55.6 Å². The van der Waals surface area contributed by atoms with Crippen molar-refractivity contribution in [3.05, 3.63) is 42.0 Å². The van der Waals surface area contributed by atoms with E-state index < -0.39 is 0 Å². The Balaban J connectivity index is 2.51. The van der Waals surface area contributed by atoms with Crippen LogP contribution in [0.2, 0.25) is 0 Å². The first-order valence-electron chi connectivity index (χ1n) is 4.63. The Labute approximate surface area is 89.2 Å². The van der Waals surface area contributed by atoms with Gasteiger partial charge in [0.05, 0.1) is 0 Å². The maximum absolute atomic E-state index is 11.1. The molecule has 0 saturated carbocycles. The molecule has 0 unspecified atom stereocenters. The molecule has 0 saturated heterocycles. The molecule has 0 amide bonds. The van der Waals surface area contributed by atoms with E-state index in [-0.39, 0.29) is 5.12 Å². The zero-order valence-electron chi connectivity index (χ0n) is 8.32. The SMILES string of the molecule is C=Cc1ccc(CSC(=O)CC)cc1. The molecule has 0 radical (unpaired) electrons. The second-order valence-corrected chi connectivity index (χ2v) is 3.99. The predicted molar refractivity (Wildman–Crippen MR) is 63.1 cm³/mol. The van der Waals surface area contributed by atoms with Crippen molar-refractivity contribution in [2.24, 2.45) is 0 Å². The van der Waals surface area contributed by atoms with E-state index in [4.69, 9.17) is 0 Å². The van der Waals surface area contributed by atoms with Gasteiger partial charge in [0, 0.05) is 12.2 Å². The highest BCUT2D eigenvalue weighted by molar-refractivity contribution is 8.12. The number of rotatable bonds is 4. The summed E-state index contributed by atoms with van der Waals surface area (Å²) in [5.74, 6) is 0.768. The van der Waals surface area contributed by atoms with Crippen LogP contribution in [-0.4, -0.2) is 5.12 Å².